The molecule has 1 N–H and O–H groups in total. The van der Waals surface area contributed by atoms with Crippen molar-refractivity contribution in [3.05, 3.63) is 34.4 Å². The summed E-state index contributed by atoms with van der Waals surface area (Å²) in [7, 11) is 0. The molecular formula is C14H18O. The summed E-state index contributed by atoms with van der Waals surface area (Å²) in [5.41, 5.74) is 5.74. The second-order valence-corrected chi connectivity index (χ2v) is 5.67. The third kappa shape index (κ3) is 1.26. The van der Waals surface area contributed by atoms with Gasteiger partial charge >= 0.3 is 0 Å². The molecule has 1 atom stereocenters. The molecule has 1 unspecified atom stereocenters. The van der Waals surface area contributed by atoms with E-state index in [1.807, 2.05) is 0 Å². The van der Waals surface area contributed by atoms with Crippen LogP contribution in [-0.2, 0) is 18.3 Å². The number of rotatable bonds is 0. The van der Waals surface area contributed by atoms with E-state index in [-0.39, 0.29) is 11.5 Å². The van der Waals surface area contributed by atoms with E-state index in [1.165, 1.54) is 41.5 Å². The molecular weight excluding hydrogens is 184 g/mol. The predicted molar refractivity (Wildman–Crippen MR) is 61.1 cm³/mol. The predicted octanol–water partition coefficient (Wildman–Crippen LogP) is 2.89. The second kappa shape index (κ2) is 2.85. The van der Waals surface area contributed by atoms with Gasteiger partial charge in [-0.25, -0.2) is 0 Å². The van der Waals surface area contributed by atoms with Crippen LogP contribution in [-0.4, -0.2) is 5.11 Å². The van der Waals surface area contributed by atoms with Gasteiger partial charge in [-0.05, 0) is 53.4 Å². The maximum atomic E-state index is 10.0. The van der Waals surface area contributed by atoms with Gasteiger partial charge in [-0.2, -0.15) is 0 Å². The van der Waals surface area contributed by atoms with E-state index in [0.717, 1.165) is 6.42 Å². The van der Waals surface area contributed by atoms with E-state index in [1.54, 1.807) is 0 Å². The highest BCUT2D eigenvalue weighted by Crippen LogP contribution is 2.46. The molecule has 0 saturated carbocycles. The van der Waals surface area contributed by atoms with Crippen LogP contribution in [0.5, 0.6) is 0 Å². The van der Waals surface area contributed by atoms with E-state index in [9.17, 15) is 5.11 Å². The van der Waals surface area contributed by atoms with E-state index in [2.05, 4.69) is 26.0 Å². The quantitative estimate of drug-likeness (QED) is 0.686. The molecule has 0 heterocycles. The van der Waals surface area contributed by atoms with Crippen LogP contribution >= 0.6 is 0 Å². The zero-order valence-corrected chi connectivity index (χ0v) is 9.51. The Kier molecular flexibility index (Phi) is 1.79. The molecule has 1 nitrogen and oxygen atoms in total. The van der Waals surface area contributed by atoms with Crippen molar-refractivity contribution in [1.29, 1.82) is 0 Å². The average molecular weight is 202 g/mol. The summed E-state index contributed by atoms with van der Waals surface area (Å²) in [5, 5.41) is 10.0. The van der Waals surface area contributed by atoms with Crippen LogP contribution in [0, 0.1) is 0 Å². The van der Waals surface area contributed by atoms with Crippen LogP contribution < -0.4 is 0 Å². The maximum Gasteiger partial charge on any atom is 0.0801 e. The maximum absolute atomic E-state index is 10.0. The number of aliphatic hydroxyl groups excluding tert-OH is 1. The van der Waals surface area contributed by atoms with Crippen molar-refractivity contribution >= 4 is 0 Å². The molecule has 0 aliphatic heterocycles. The fourth-order valence-corrected chi connectivity index (χ4v) is 3.21. The largest absolute Gasteiger partial charge is 0.388 e. The smallest absolute Gasteiger partial charge is 0.0801 e. The highest BCUT2D eigenvalue weighted by molar-refractivity contribution is 5.48. The van der Waals surface area contributed by atoms with E-state index in [4.69, 9.17) is 0 Å². The number of benzene rings is 1. The van der Waals surface area contributed by atoms with Gasteiger partial charge in [0.2, 0.25) is 0 Å². The first-order chi connectivity index (χ1) is 7.08. The fourth-order valence-electron chi connectivity index (χ4n) is 3.21. The molecule has 0 aromatic heterocycles. The molecule has 3 rings (SSSR count). The van der Waals surface area contributed by atoms with Crippen molar-refractivity contribution in [1.82, 2.24) is 0 Å². The summed E-state index contributed by atoms with van der Waals surface area (Å²) < 4.78 is 0. The summed E-state index contributed by atoms with van der Waals surface area (Å²) in [6, 6.07) is 4.62. The lowest BCUT2D eigenvalue weighted by atomic mass is 9.85. The first-order valence-corrected chi connectivity index (χ1v) is 5.92. The van der Waals surface area contributed by atoms with Crippen LogP contribution in [0.1, 0.15) is 55.0 Å². The molecule has 15 heavy (non-hydrogen) atoms. The molecule has 0 saturated heterocycles. The first-order valence-electron chi connectivity index (χ1n) is 5.92. The van der Waals surface area contributed by atoms with Crippen LogP contribution in [0.25, 0.3) is 0 Å². The lowest BCUT2D eigenvalue weighted by Gasteiger charge is -2.19. The Balaban J connectivity index is 2.20. The zero-order chi connectivity index (χ0) is 10.6. The standard InChI is InChI=1S/C14H18O/c1-14(2)8-13(15)11-6-9-4-3-5-10(9)7-12(11)14/h6-7,13,15H,3-5,8H2,1-2H3. The monoisotopic (exact) mass is 202 g/mol. The summed E-state index contributed by atoms with van der Waals surface area (Å²) in [5.74, 6) is 0. The average Bonchev–Trinajstić information content (AvgIpc) is 2.68. The Bertz CT molecular complexity index is 418. The number of hydrogen-bond donors (Lipinski definition) is 1. The van der Waals surface area contributed by atoms with Crippen molar-refractivity contribution in [3.63, 3.8) is 0 Å². The number of fused-ring (bicyclic) bond motifs is 2. The van der Waals surface area contributed by atoms with E-state index < -0.39 is 0 Å². The second-order valence-electron chi connectivity index (χ2n) is 5.67. The van der Waals surface area contributed by atoms with Crippen molar-refractivity contribution in [3.8, 4) is 0 Å². The lowest BCUT2D eigenvalue weighted by Crippen LogP contribution is -2.12. The Morgan fingerprint density at radius 3 is 2.60 bits per heavy atom. The number of hydrogen-bond acceptors (Lipinski definition) is 1. The molecule has 1 heteroatoms. The zero-order valence-electron chi connectivity index (χ0n) is 9.51. The molecule has 2 aliphatic rings. The highest BCUT2D eigenvalue weighted by Gasteiger charge is 2.36. The molecule has 1 aromatic rings. The molecule has 80 valence electrons. The summed E-state index contributed by atoms with van der Waals surface area (Å²) in [6.07, 6.45) is 4.37. The topological polar surface area (TPSA) is 20.2 Å². The molecule has 1 aromatic carbocycles. The molecule has 0 amide bonds. The van der Waals surface area contributed by atoms with Crippen LogP contribution in [0.4, 0.5) is 0 Å². The van der Waals surface area contributed by atoms with Crippen molar-refractivity contribution in [2.24, 2.45) is 0 Å². The number of aliphatic hydroxyl groups is 1. The Labute approximate surface area is 91.1 Å². The van der Waals surface area contributed by atoms with Crippen molar-refractivity contribution in [2.75, 3.05) is 0 Å². The Morgan fingerprint density at radius 2 is 1.87 bits per heavy atom. The van der Waals surface area contributed by atoms with Crippen LogP contribution in [0.2, 0.25) is 0 Å². The van der Waals surface area contributed by atoms with Gasteiger partial charge in [-0.3, -0.25) is 0 Å². The Morgan fingerprint density at radius 1 is 1.20 bits per heavy atom. The third-order valence-corrected chi connectivity index (χ3v) is 4.06. The molecule has 0 spiro atoms. The third-order valence-electron chi connectivity index (χ3n) is 4.06. The lowest BCUT2D eigenvalue weighted by molar-refractivity contribution is 0.161. The minimum absolute atomic E-state index is 0.159. The van der Waals surface area contributed by atoms with Gasteiger partial charge in [0.05, 0.1) is 6.10 Å². The molecule has 0 bridgehead atoms. The van der Waals surface area contributed by atoms with Gasteiger partial charge in [0, 0.05) is 0 Å². The summed E-state index contributed by atoms with van der Waals surface area (Å²) in [4.78, 5) is 0. The van der Waals surface area contributed by atoms with Gasteiger partial charge < -0.3 is 5.11 Å². The highest BCUT2D eigenvalue weighted by atomic mass is 16.3. The summed E-state index contributed by atoms with van der Waals surface area (Å²) >= 11 is 0. The normalized spacial score (nSPS) is 26.5. The molecule has 2 aliphatic carbocycles. The van der Waals surface area contributed by atoms with Crippen molar-refractivity contribution in [2.45, 2.75) is 51.0 Å². The Hall–Kier alpha value is -0.820. The van der Waals surface area contributed by atoms with Gasteiger partial charge in [-0.15, -0.1) is 0 Å². The number of aryl methyl sites for hydroxylation is 2. The van der Waals surface area contributed by atoms with Crippen LogP contribution in [0.15, 0.2) is 12.1 Å². The summed E-state index contributed by atoms with van der Waals surface area (Å²) in [6.45, 7) is 4.48. The fraction of sp³-hybridized carbons (Fsp3) is 0.571. The van der Waals surface area contributed by atoms with Gasteiger partial charge in [0.25, 0.3) is 0 Å². The SMILES string of the molecule is CC1(C)CC(O)c2cc3c(cc21)CCC3. The van der Waals surface area contributed by atoms with Crippen molar-refractivity contribution < 1.29 is 5.11 Å². The van der Waals surface area contributed by atoms with E-state index in [0.29, 0.717) is 0 Å². The van der Waals surface area contributed by atoms with Gasteiger partial charge in [0.15, 0.2) is 0 Å². The molecule has 0 radical (unpaired) electrons. The van der Waals surface area contributed by atoms with Gasteiger partial charge in [0.1, 0.15) is 0 Å². The molecule has 0 fully saturated rings. The first kappa shape index (κ1) is 9.41. The minimum Gasteiger partial charge on any atom is -0.388 e. The minimum atomic E-state index is -0.235. The van der Waals surface area contributed by atoms with Gasteiger partial charge in [-0.1, -0.05) is 26.0 Å². The van der Waals surface area contributed by atoms with Crippen LogP contribution in [0.3, 0.4) is 0 Å². The van der Waals surface area contributed by atoms with E-state index >= 15 is 0 Å².